The number of rotatable bonds is 10. The normalized spacial score (nSPS) is 23.7. The SMILES string of the molecule is O=C(OCc1ccccc1)N1CCC[C@H]1Cn1c(=O)n([C@@H]2CCN(CC3CCCCCCC3)[C@@H](CCCO)C2)c2ccccc21. The van der Waals surface area contributed by atoms with Gasteiger partial charge < -0.3 is 14.7 Å². The van der Waals surface area contributed by atoms with E-state index in [1.165, 1.54) is 44.9 Å². The molecule has 3 fully saturated rings. The van der Waals surface area contributed by atoms with E-state index >= 15 is 0 Å². The van der Waals surface area contributed by atoms with Crippen LogP contribution in [0.5, 0.6) is 0 Å². The summed E-state index contributed by atoms with van der Waals surface area (Å²) in [6.45, 7) is 3.73. The third-order valence-electron chi connectivity index (χ3n) is 10.7. The molecule has 244 valence electrons. The van der Waals surface area contributed by atoms with E-state index in [0.717, 1.165) is 74.1 Å². The van der Waals surface area contributed by atoms with Crippen LogP contribution in [0, 0.1) is 5.92 Å². The van der Waals surface area contributed by atoms with Crippen LogP contribution in [-0.2, 0) is 17.9 Å². The lowest BCUT2D eigenvalue weighted by atomic mass is 9.88. The fourth-order valence-corrected chi connectivity index (χ4v) is 8.28. The Kier molecular flexibility index (Phi) is 10.9. The quantitative estimate of drug-likeness (QED) is 0.273. The monoisotopic (exact) mass is 616 g/mol. The number of amides is 1. The maximum atomic E-state index is 14.3. The minimum Gasteiger partial charge on any atom is -0.445 e. The van der Waals surface area contributed by atoms with Crippen LogP contribution in [0.1, 0.15) is 95.1 Å². The molecule has 0 unspecified atom stereocenters. The third kappa shape index (κ3) is 7.66. The molecule has 0 spiro atoms. The van der Waals surface area contributed by atoms with Crippen molar-refractivity contribution in [3.05, 3.63) is 70.6 Å². The molecular formula is C37H52N4O4. The zero-order chi connectivity index (χ0) is 31.0. The van der Waals surface area contributed by atoms with Gasteiger partial charge in [0.25, 0.3) is 0 Å². The first-order valence-electron chi connectivity index (χ1n) is 17.6. The Balaban J connectivity index is 1.18. The maximum Gasteiger partial charge on any atom is 0.410 e. The summed E-state index contributed by atoms with van der Waals surface area (Å²) < 4.78 is 9.66. The first-order chi connectivity index (χ1) is 22.1. The second-order valence-corrected chi connectivity index (χ2v) is 13.7. The average molecular weight is 617 g/mol. The number of likely N-dealkylation sites (tertiary alicyclic amines) is 2. The van der Waals surface area contributed by atoms with Crippen molar-refractivity contribution in [2.24, 2.45) is 5.92 Å². The van der Waals surface area contributed by atoms with Crippen LogP contribution in [0.15, 0.2) is 59.4 Å². The Bertz CT molecular complexity index is 1430. The number of nitrogens with zero attached hydrogens (tertiary/aromatic N) is 4. The Morgan fingerprint density at radius 3 is 2.31 bits per heavy atom. The lowest BCUT2D eigenvalue weighted by Gasteiger charge is -2.42. The minimum absolute atomic E-state index is 0.0279. The predicted molar refractivity (Wildman–Crippen MR) is 178 cm³/mol. The van der Waals surface area contributed by atoms with Gasteiger partial charge in [0, 0.05) is 44.9 Å². The zero-order valence-corrected chi connectivity index (χ0v) is 26.9. The molecule has 1 N–H and O–H groups in total. The number of fused-ring (bicyclic) bond motifs is 1. The molecule has 3 aromatic rings. The van der Waals surface area contributed by atoms with Crippen molar-refractivity contribution >= 4 is 17.1 Å². The molecule has 45 heavy (non-hydrogen) atoms. The number of aromatic nitrogens is 2. The van der Waals surface area contributed by atoms with Gasteiger partial charge in [-0.2, -0.15) is 0 Å². The lowest BCUT2D eigenvalue weighted by molar-refractivity contribution is 0.0797. The molecule has 2 aliphatic heterocycles. The molecule has 3 aliphatic rings. The van der Waals surface area contributed by atoms with E-state index in [0.29, 0.717) is 19.1 Å². The second-order valence-electron chi connectivity index (χ2n) is 13.7. The van der Waals surface area contributed by atoms with E-state index in [4.69, 9.17) is 4.74 Å². The summed E-state index contributed by atoms with van der Waals surface area (Å²) in [5.74, 6) is 0.761. The van der Waals surface area contributed by atoms with E-state index in [1.54, 1.807) is 0 Å². The number of ether oxygens (including phenoxy) is 1. The van der Waals surface area contributed by atoms with E-state index in [1.807, 2.05) is 58.0 Å². The highest BCUT2D eigenvalue weighted by Crippen LogP contribution is 2.34. The zero-order valence-electron chi connectivity index (χ0n) is 26.9. The summed E-state index contributed by atoms with van der Waals surface area (Å²) in [5.41, 5.74) is 2.92. The van der Waals surface area contributed by atoms with Gasteiger partial charge in [-0.25, -0.2) is 9.59 Å². The third-order valence-corrected chi connectivity index (χ3v) is 10.7. The van der Waals surface area contributed by atoms with E-state index in [9.17, 15) is 14.7 Å². The molecule has 1 amide bonds. The van der Waals surface area contributed by atoms with Crippen LogP contribution in [0.4, 0.5) is 4.79 Å². The van der Waals surface area contributed by atoms with Gasteiger partial charge in [-0.05, 0) is 75.0 Å². The molecule has 3 heterocycles. The van der Waals surface area contributed by atoms with E-state index in [-0.39, 0.29) is 37.1 Å². The van der Waals surface area contributed by atoms with Gasteiger partial charge in [0.05, 0.1) is 17.1 Å². The molecule has 1 saturated carbocycles. The van der Waals surface area contributed by atoms with Crippen molar-refractivity contribution in [3.63, 3.8) is 0 Å². The molecule has 2 aromatic carbocycles. The number of imidazole rings is 1. The fourth-order valence-electron chi connectivity index (χ4n) is 8.28. The molecule has 0 radical (unpaired) electrons. The highest BCUT2D eigenvalue weighted by atomic mass is 16.6. The molecule has 8 heteroatoms. The van der Waals surface area contributed by atoms with Crippen molar-refractivity contribution in [1.29, 1.82) is 0 Å². The van der Waals surface area contributed by atoms with Gasteiger partial charge in [-0.15, -0.1) is 0 Å². The predicted octanol–water partition coefficient (Wildman–Crippen LogP) is 6.74. The minimum atomic E-state index is -0.304. The van der Waals surface area contributed by atoms with Gasteiger partial charge in [-0.1, -0.05) is 74.6 Å². The largest absolute Gasteiger partial charge is 0.445 e. The molecule has 3 atom stereocenters. The molecule has 1 aromatic heterocycles. The number of carbonyl (C=O) groups excluding carboxylic acids is 1. The molecule has 2 saturated heterocycles. The topological polar surface area (TPSA) is 79.9 Å². The Morgan fingerprint density at radius 1 is 0.800 bits per heavy atom. The average Bonchev–Trinajstić information content (AvgIpc) is 3.63. The molecule has 6 rings (SSSR count). The van der Waals surface area contributed by atoms with Crippen molar-refractivity contribution in [2.75, 3.05) is 26.2 Å². The highest BCUT2D eigenvalue weighted by Gasteiger charge is 2.35. The molecule has 8 nitrogen and oxygen atoms in total. The molecule has 1 aliphatic carbocycles. The van der Waals surface area contributed by atoms with Crippen molar-refractivity contribution in [3.8, 4) is 0 Å². The lowest BCUT2D eigenvalue weighted by Crippen LogP contribution is -2.47. The molecular weight excluding hydrogens is 564 g/mol. The van der Waals surface area contributed by atoms with E-state index in [2.05, 4.69) is 15.5 Å². The Morgan fingerprint density at radius 2 is 1.53 bits per heavy atom. The van der Waals surface area contributed by atoms with Crippen LogP contribution >= 0.6 is 0 Å². The van der Waals surface area contributed by atoms with Crippen molar-refractivity contribution in [2.45, 2.75) is 115 Å². The van der Waals surface area contributed by atoms with Gasteiger partial charge in [-0.3, -0.25) is 14.0 Å². The number of aliphatic hydroxyl groups excluding tert-OH is 1. The smallest absolute Gasteiger partial charge is 0.410 e. The van der Waals surface area contributed by atoms with Crippen LogP contribution in [0.3, 0.4) is 0 Å². The summed E-state index contributed by atoms with van der Waals surface area (Å²) in [7, 11) is 0. The summed E-state index contributed by atoms with van der Waals surface area (Å²) in [6, 6.07) is 18.3. The molecule has 0 bridgehead atoms. The second kappa shape index (κ2) is 15.5. The summed E-state index contributed by atoms with van der Waals surface area (Å²) >= 11 is 0. The van der Waals surface area contributed by atoms with Crippen LogP contribution in [0.2, 0.25) is 0 Å². The fraction of sp³-hybridized carbons (Fsp3) is 0.622. The standard InChI is InChI=1S/C37H52N4O4/c42-24-12-18-31-25-32(21-23-38(31)26-29-13-5-2-1-3-6-14-29)41-35-20-10-9-19-34(35)40(36(41)43)27-33-17-11-22-39(33)37(44)45-28-30-15-7-4-8-16-30/h4,7-10,15-16,19-20,29,31-33,42H,1-3,5-6,11-14,17-18,21-28H2/t31-,32+,33-/m0/s1. The number of hydrogen-bond donors (Lipinski definition) is 1. The van der Waals surface area contributed by atoms with Crippen LogP contribution < -0.4 is 5.69 Å². The van der Waals surface area contributed by atoms with Gasteiger partial charge >= 0.3 is 11.8 Å². The van der Waals surface area contributed by atoms with Gasteiger partial charge in [0.1, 0.15) is 6.61 Å². The first-order valence-corrected chi connectivity index (χ1v) is 17.6. The summed E-state index contributed by atoms with van der Waals surface area (Å²) in [6.07, 6.45) is 14.6. The number of para-hydroxylation sites is 2. The number of piperidine rings is 1. The van der Waals surface area contributed by atoms with Crippen molar-refractivity contribution < 1.29 is 14.6 Å². The maximum absolute atomic E-state index is 14.3. The summed E-state index contributed by atoms with van der Waals surface area (Å²) in [5, 5.41) is 9.72. The van der Waals surface area contributed by atoms with Gasteiger partial charge in [0.15, 0.2) is 0 Å². The number of hydrogen-bond acceptors (Lipinski definition) is 5. The van der Waals surface area contributed by atoms with Crippen molar-refractivity contribution in [1.82, 2.24) is 18.9 Å². The van der Waals surface area contributed by atoms with E-state index < -0.39 is 0 Å². The Hall–Kier alpha value is -3.10. The number of aliphatic hydroxyl groups is 1. The first kappa shape index (κ1) is 31.9. The van der Waals surface area contributed by atoms with Crippen LogP contribution in [-0.4, -0.2) is 68.5 Å². The van der Waals surface area contributed by atoms with Gasteiger partial charge in [0.2, 0.25) is 0 Å². The number of carbonyl (C=O) groups is 1. The van der Waals surface area contributed by atoms with Crippen LogP contribution in [0.25, 0.3) is 11.0 Å². The number of benzene rings is 2. The Labute approximate surface area is 268 Å². The highest BCUT2D eigenvalue weighted by molar-refractivity contribution is 5.76. The summed E-state index contributed by atoms with van der Waals surface area (Å²) in [4.78, 5) is 31.9.